The highest BCUT2D eigenvalue weighted by Crippen LogP contribution is 2.31. The predicted molar refractivity (Wildman–Crippen MR) is 132 cm³/mol. The fourth-order valence-corrected chi connectivity index (χ4v) is 4.36. The number of para-hydroxylation sites is 2. The molecule has 1 unspecified atom stereocenters. The van der Waals surface area contributed by atoms with Gasteiger partial charge in [-0.3, -0.25) is 9.10 Å². The van der Waals surface area contributed by atoms with Crippen molar-refractivity contribution in [3.63, 3.8) is 0 Å². The van der Waals surface area contributed by atoms with E-state index in [0.29, 0.717) is 23.6 Å². The summed E-state index contributed by atoms with van der Waals surface area (Å²) in [4.78, 5) is 12.7. The first kappa shape index (κ1) is 24.3. The summed E-state index contributed by atoms with van der Waals surface area (Å²) < 4.78 is 32.0. The quantitative estimate of drug-likeness (QED) is 0.489. The molecule has 3 aromatic rings. The number of rotatable bonds is 9. The highest BCUT2D eigenvalue weighted by atomic mass is 32.2. The van der Waals surface area contributed by atoms with Gasteiger partial charge in [-0.1, -0.05) is 54.1 Å². The highest BCUT2D eigenvalue weighted by Gasteiger charge is 2.21. The van der Waals surface area contributed by atoms with Crippen LogP contribution >= 0.6 is 0 Å². The number of sulfonamides is 1. The minimum absolute atomic E-state index is 0.130. The molecule has 3 aromatic carbocycles. The maximum Gasteiger partial charge on any atom is 0.251 e. The Morgan fingerprint density at radius 3 is 2.24 bits per heavy atom. The van der Waals surface area contributed by atoms with E-state index in [2.05, 4.69) is 5.32 Å². The van der Waals surface area contributed by atoms with E-state index in [4.69, 9.17) is 4.74 Å². The monoisotopic (exact) mass is 466 g/mol. The Morgan fingerprint density at radius 1 is 1.00 bits per heavy atom. The first-order valence-electron chi connectivity index (χ1n) is 10.8. The van der Waals surface area contributed by atoms with Crippen LogP contribution in [0.15, 0.2) is 72.8 Å². The predicted octanol–water partition coefficient (Wildman–Crippen LogP) is 4.85. The Morgan fingerprint density at radius 2 is 1.64 bits per heavy atom. The summed E-state index contributed by atoms with van der Waals surface area (Å²) in [7, 11) is -3.56. The molecule has 33 heavy (non-hydrogen) atoms. The van der Waals surface area contributed by atoms with Crippen molar-refractivity contribution >= 4 is 21.6 Å². The van der Waals surface area contributed by atoms with E-state index in [9.17, 15) is 13.2 Å². The third-order valence-corrected chi connectivity index (χ3v) is 6.43. The van der Waals surface area contributed by atoms with Gasteiger partial charge in [-0.05, 0) is 56.2 Å². The maximum absolute atomic E-state index is 12.7. The summed E-state index contributed by atoms with van der Waals surface area (Å²) in [6.07, 6.45) is 1.17. The van der Waals surface area contributed by atoms with Crippen LogP contribution in [0.25, 0.3) is 0 Å². The standard InChI is InChI=1S/C26H30N2O4S/c1-5-32-25-9-7-6-8-24(25)28(33(4,30)31)18-21-12-16-23(17-13-21)26(29)27-20(3)22-14-10-19(2)11-15-22/h6-17,20H,5,18H2,1-4H3,(H,27,29). The number of benzene rings is 3. The number of hydrogen-bond acceptors (Lipinski definition) is 4. The zero-order valence-electron chi connectivity index (χ0n) is 19.4. The topological polar surface area (TPSA) is 75.7 Å². The largest absolute Gasteiger partial charge is 0.492 e. The smallest absolute Gasteiger partial charge is 0.251 e. The Hall–Kier alpha value is -3.32. The second-order valence-electron chi connectivity index (χ2n) is 7.97. The SMILES string of the molecule is CCOc1ccccc1N(Cc1ccc(C(=O)NC(C)c2ccc(C)cc2)cc1)S(C)(=O)=O. The summed E-state index contributed by atoms with van der Waals surface area (Å²) in [5, 5.41) is 3.00. The molecular formula is C26H30N2O4S. The van der Waals surface area contributed by atoms with Crippen molar-refractivity contribution in [1.29, 1.82) is 0 Å². The lowest BCUT2D eigenvalue weighted by Gasteiger charge is -2.24. The molecule has 0 saturated heterocycles. The number of aryl methyl sites for hydroxylation is 1. The molecule has 0 bridgehead atoms. The van der Waals surface area contributed by atoms with Gasteiger partial charge < -0.3 is 10.1 Å². The Balaban J connectivity index is 1.75. The zero-order valence-corrected chi connectivity index (χ0v) is 20.2. The summed E-state index contributed by atoms with van der Waals surface area (Å²) in [5.74, 6) is 0.322. The van der Waals surface area contributed by atoms with Crippen LogP contribution in [0.2, 0.25) is 0 Å². The van der Waals surface area contributed by atoms with Crippen molar-refractivity contribution < 1.29 is 17.9 Å². The van der Waals surface area contributed by atoms with Crippen molar-refractivity contribution in [1.82, 2.24) is 5.32 Å². The zero-order chi connectivity index (χ0) is 24.0. The number of carbonyl (C=O) groups excluding carboxylic acids is 1. The normalized spacial score (nSPS) is 12.1. The van der Waals surface area contributed by atoms with Crippen LogP contribution in [-0.2, 0) is 16.6 Å². The van der Waals surface area contributed by atoms with E-state index < -0.39 is 10.0 Å². The van der Waals surface area contributed by atoms with Gasteiger partial charge in [0.1, 0.15) is 5.75 Å². The molecule has 174 valence electrons. The van der Waals surface area contributed by atoms with Crippen LogP contribution in [0.5, 0.6) is 5.75 Å². The molecule has 1 amide bonds. The lowest BCUT2D eigenvalue weighted by molar-refractivity contribution is 0.0940. The molecule has 0 aliphatic heterocycles. The summed E-state index contributed by atoms with van der Waals surface area (Å²) >= 11 is 0. The Kier molecular flexibility index (Phi) is 7.76. The molecule has 7 heteroatoms. The number of nitrogens with zero attached hydrogens (tertiary/aromatic N) is 1. The third-order valence-electron chi connectivity index (χ3n) is 5.30. The van der Waals surface area contributed by atoms with Gasteiger partial charge in [-0.2, -0.15) is 0 Å². The molecular weight excluding hydrogens is 436 g/mol. The van der Waals surface area contributed by atoms with Crippen molar-refractivity contribution in [2.24, 2.45) is 0 Å². The molecule has 0 heterocycles. The molecule has 0 saturated carbocycles. The molecule has 0 fully saturated rings. The fraction of sp³-hybridized carbons (Fsp3) is 0.269. The van der Waals surface area contributed by atoms with Gasteiger partial charge in [0.25, 0.3) is 5.91 Å². The molecule has 0 spiro atoms. The molecule has 0 aliphatic rings. The van der Waals surface area contributed by atoms with E-state index in [-0.39, 0.29) is 18.5 Å². The number of carbonyl (C=O) groups is 1. The first-order chi connectivity index (χ1) is 15.7. The van der Waals surface area contributed by atoms with Crippen LogP contribution in [-0.4, -0.2) is 27.2 Å². The average Bonchev–Trinajstić information content (AvgIpc) is 2.78. The van der Waals surface area contributed by atoms with Gasteiger partial charge in [0.05, 0.1) is 31.1 Å². The number of hydrogen-bond donors (Lipinski definition) is 1. The molecule has 6 nitrogen and oxygen atoms in total. The molecule has 1 N–H and O–H groups in total. The summed E-state index contributed by atoms with van der Waals surface area (Å²) in [6, 6.07) is 21.9. The van der Waals surface area contributed by atoms with Crippen molar-refractivity contribution in [2.75, 3.05) is 17.2 Å². The molecule has 0 aliphatic carbocycles. The van der Waals surface area contributed by atoms with Crippen LogP contribution < -0.4 is 14.4 Å². The van der Waals surface area contributed by atoms with Gasteiger partial charge in [0.15, 0.2) is 0 Å². The van der Waals surface area contributed by atoms with Gasteiger partial charge in [0, 0.05) is 5.56 Å². The fourth-order valence-electron chi connectivity index (χ4n) is 3.47. The number of nitrogens with one attached hydrogen (secondary N) is 1. The van der Waals surface area contributed by atoms with Crippen LogP contribution in [0.3, 0.4) is 0 Å². The van der Waals surface area contributed by atoms with E-state index in [1.54, 1.807) is 48.5 Å². The second-order valence-corrected chi connectivity index (χ2v) is 9.88. The van der Waals surface area contributed by atoms with Crippen molar-refractivity contribution in [3.8, 4) is 5.75 Å². The van der Waals surface area contributed by atoms with E-state index in [1.165, 1.54) is 16.1 Å². The third kappa shape index (κ3) is 6.35. The van der Waals surface area contributed by atoms with Crippen LogP contribution in [0.4, 0.5) is 5.69 Å². The van der Waals surface area contributed by atoms with Crippen molar-refractivity contribution in [3.05, 3.63) is 95.1 Å². The number of anilines is 1. The molecule has 0 aromatic heterocycles. The highest BCUT2D eigenvalue weighted by molar-refractivity contribution is 7.92. The van der Waals surface area contributed by atoms with Crippen molar-refractivity contribution in [2.45, 2.75) is 33.4 Å². The number of amides is 1. The van der Waals surface area contributed by atoms with Gasteiger partial charge in [-0.15, -0.1) is 0 Å². The van der Waals surface area contributed by atoms with Gasteiger partial charge in [0.2, 0.25) is 10.0 Å². The first-order valence-corrected chi connectivity index (χ1v) is 12.7. The van der Waals surface area contributed by atoms with Crippen LogP contribution in [0, 0.1) is 6.92 Å². The number of ether oxygens (including phenoxy) is 1. The lowest BCUT2D eigenvalue weighted by atomic mass is 10.1. The van der Waals surface area contributed by atoms with E-state index in [1.807, 2.05) is 45.0 Å². The summed E-state index contributed by atoms with van der Waals surface area (Å²) in [6.45, 7) is 6.38. The van der Waals surface area contributed by atoms with E-state index >= 15 is 0 Å². The Labute approximate surface area is 196 Å². The maximum atomic E-state index is 12.7. The van der Waals surface area contributed by atoms with E-state index in [0.717, 1.165) is 11.1 Å². The van der Waals surface area contributed by atoms with Gasteiger partial charge in [-0.25, -0.2) is 8.42 Å². The lowest BCUT2D eigenvalue weighted by Crippen LogP contribution is -2.30. The minimum atomic E-state index is -3.56. The molecule has 0 radical (unpaired) electrons. The van der Waals surface area contributed by atoms with Gasteiger partial charge >= 0.3 is 0 Å². The minimum Gasteiger partial charge on any atom is -0.492 e. The molecule has 3 rings (SSSR count). The summed E-state index contributed by atoms with van der Waals surface area (Å²) in [5.41, 5.74) is 3.95. The second kappa shape index (κ2) is 10.5. The Bertz CT molecular complexity index is 1190. The molecule has 1 atom stereocenters. The van der Waals surface area contributed by atoms with Crippen LogP contribution in [0.1, 0.15) is 46.9 Å². The average molecular weight is 467 g/mol.